The zero-order valence-corrected chi connectivity index (χ0v) is 17.6. The SMILES string of the molecule is Cc1ccc(S(=O)(=O)N2CCCN(S(=O)(=O)c3cccc(Cl)c3F)CC2)cc1. The zero-order chi connectivity index (χ0) is 20.5. The van der Waals surface area contributed by atoms with Gasteiger partial charge in [0.15, 0.2) is 5.82 Å². The maximum absolute atomic E-state index is 14.2. The second kappa shape index (κ2) is 8.08. The molecule has 0 N–H and O–H groups in total. The Morgan fingerprint density at radius 3 is 2.04 bits per heavy atom. The van der Waals surface area contributed by atoms with E-state index in [1.807, 2.05) is 6.92 Å². The summed E-state index contributed by atoms with van der Waals surface area (Å²) in [5.74, 6) is -1.00. The lowest BCUT2D eigenvalue weighted by molar-refractivity contribution is 0.402. The second-order valence-corrected chi connectivity index (χ2v) is 10.8. The maximum Gasteiger partial charge on any atom is 0.246 e. The molecule has 2 aromatic rings. The van der Waals surface area contributed by atoms with Crippen LogP contribution in [0.1, 0.15) is 12.0 Å². The highest BCUT2D eigenvalue weighted by Crippen LogP contribution is 2.26. The maximum atomic E-state index is 14.2. The molecule has 0 amide bonds. The number of sulfonamides is 2. The molecule has 0 atom stereocenters. The monoisotopic (exact) mass is 446 g/mol. The van der Waals surface area contributed by atoms with Crippen LogP contribution in [0, 0.1) is 12.7 Å². The number of halogens is 2. The largest absolute Gasteiger partial charge is 0.246 e. The lowest BCUT2D eigenvalue weighted by Gasteiger charge is -2.22. The minimum absolute atomic E-state index is 0.0162. The van der Waals surface area contributed by atoms with E-state index >= 15 is 0 Å². The van der Waals surface area contributed by atoms with Crippen molar-refractivity contribution in [2.75, 3.05) is 26.2 Å². The highest BCUT2D eigenvalue weighted by atomic mass is 35.5. The molecule has 1 saturated heterocycles. The molecule has 0 unspecified atom stereocenters. The van der Waals surface area contributed by atoms with Gasteiger partial charge in [-0.1, -0.05) is 35.4 Å². The first-order valence-corrected chi connectivity index (χ1v) is 11.9. The molecule has 0 saturated carbocycles. The second-order valence-electron chi connectivity index (χ2n) is 6.53. The number of benzene rings is 2. The van der Waals surface area contributed by atoms with Crippen molar-refractivity contribution >= 4 is 31.6 Å². The molecule has 1 fully saturated rings. The fraction of sp³-hybridized carbons (Fsp3) is 0.333. The van der Waals surface area contributed by atoms with Crippen LogP contribution in [-0.4, -0.2) is 51.6 Å². The van der Waals surface area contributed by atoms with Gasteiger partial charge in [-0.2, -0.15) is 8.61 Å². The molecule has 10 heteroatoms. The van der Waals surface area contributed by atoms with Crippen molar-refractivity contribution < 1.29 is 21.2 Å². The van der Waals surface area contributed by atoms with E-state index in [0.717, 1.165) is 15.9 Å². The van der Waals surface area contributed by atoms with Crippen LogP contribution in [0.3, 0.4) is 0 Å². The van der Waals surface area contributed by atoms with Gasteiger partial charge in [0.1, 0.15) is 4.90 Å². The van der Waals surface area contributed by atoms with E-state index in [-0.39, 0.29) is 36.1 Å². The van der Waals surface area contributed by atoms with Crippen LogP contribution < -0.4 is 0 Å². The molecule has 1 aliphatic rings. The average molecular weight is 447 g/mol. The van der Waals surface area contributed by atoms with Crippen LogP contribution in [0.15, 0.2) is 52.3 Å². The van der Waals surface area contributed by atoms with Gasteiger partial charge in [0, 0.05) is 26.2 Å². The zero-order valence-electron chi connectivity index (χ0n) is 15.2. The van der Waals surface area contributed by atoms with Gasteiger partial charge in [-0.05, 0) is 37.6 Å². The molecule has 0 spiro atoms. The van der Waals surface area contributed by atoms with Crippen molar-refractivity contribution in [1.82, 2.24) is 8.61 Å². The van der Waals surface area contributed by atoms with Gasteiger partial charge < -0.3 is 0 Å². The summed E-state index contributed by atoms with van der Waals surface area (Å²) >= 11 is 5.71. The molecule has 0 bridgehead atoms. The molecule has 2 aromatic carbocycles. The van der Waals surface area contributed by atoms with Crippen molar-refractivity contribution in [1.29, 1.82) is 0 Å². The highest BCUT2D eigenvalue weighted by molar-refractivity contribution is 7.89. The molecule has 0 aliphatic carbocycles. The molecular weight excluding hydrogens is 427 g/mol. The van der Waals surface area contributed by atoms with Crippen LogP contribution in [-0.2, 0) is 20.0 Å². The summed E-state index contributed by atoms with van der Waals surface area (Å²) in [6, 6.07) is 10.3. The Labute approximate surface area is 169 Å². The van der Waals surface area contributed by atoms with Gasteiger partial charge in [-0.3, -0.25) is 0 Å². The van der Waals surface area contributed by atoms with Crippen LogP contribution in [0.5, 0.6) is 0 Å². The average Bonchev–Trinajstić information content (AvgIpc) is 2.91. The quantitative estimate of drug-likeness (QED) is 0.723. The number of rotatable bonds is 4. The van der Waals surface area contributed by atoms with E-state index in [4.69, 9.17) is 11.6 Å². The fourth-order valence-corrected chi connectivity index (χ4v) is 6.29. The summed E-state index contributed by atoms with van der Waals surface area (Å²) in [4.78, 5) is -0.342. The molecule has 0 aromatic heterocycles. The highest BCUT2D eigenvalue weighted by Gasteiger charge is 2.33. The standard InChI is InChI=1S/C18H20ClFN2O4S2/c1-14-6-8-15(9-7-14)27(23,24)21-10-3-11-22(13-12-21)28(25,26)17-5-2-4-16(19)18(17)20/h2,4-9H,3,10-13H2,1H3. The van der Waals surface area contributed by atoms with E-state index in [9.17, 15) is 21.2 Å². The van der Waals surface area contributed by atoms with E-state index in [0.29, 0.717) is 6.42 Å². The topological polar surface area (TPSA) is 74.8 Å². The number of nitrogens with zero attached hydrogens (tertiary/aromatic N) is 2. The number of hydrogen-bond acceptors (Lipinski definition) is 4. The van der Waals surface area contributed by atoms with E-state index in [2.05, 4.69) is 0 Å². The summed E-state index contributed by atoms with van der Waals surface area (Å²) in [5.41, 5.74) is 0.940. The third-order valence-corrected chi connectivity index (χ3v) is 8.73. The summed E-state index contributed by atoms with van der Waals surface area (Å²) in [5, 5.41) is -0.278. The van der Waals surface area contributed by atoms with Crippen LogP contribution >= 0.6 is 11.6 Å². The van der Waals surface area contributed by atoms with Crippen molar-refractivity contribution in [3.63, 3.8) is 0 Å². The third-order valence-electron chi connectivity index (χ3n) is 4.61. The third kappa shape index (κ3) is 4.08. The Kier molecular flexibility index (Phi) is 6.11. The Bertz CT molecular complexity index is 1070. The summed E-state index contributed by atoms with van der Waals surface area (Å²) < 4.78 is 68.0. The Hall–Kier alpha value is -1.52. The Balaban J connectivity index is 1.83. The minimum Gasteiger partial charge on any atom is -0.207 e. The van der Waals surface area contributed by atoms with Crippen molar-refractivity contribution in [2.24, 2.45) is 0 Å². The van der Waals surface area contributed by atoms with Crippen molar-refractivity contribution in [2.45, 2.75) is 23.1 Å². The molecule has 6 nitrogen and oxygen atoms in total. The van der Waals surface area contributed by atoms with Gasteiger partial charge in [0.25, 0.3) is 0 Å². The predicted molar refractivity (Wildman–Crippen MR) is 105 cm³/mol. The van der Waals surface area contributed by atoms with Gasteiger partial charge in [0.2, 0.25) is 20.0 Å². The normalized spacial score (nSPS) is 17.4. The van der Waals surface area contributed by atoms with Crippen molar-refractivity contribution in [3.8, 4) is 0 Å². The van der Waals surface area contributed by atoms with E-state index in [1.165, 1.54) is 28.6 Å². The first kappa shape index (κ1) is 21.2. The summed E-state index contributed by atoms with van der Waals surface area (Å²) in [6.07, 6.45) is 0.298. The molecule has 0 radical (unpaired) electrons. The predicted octanol–water partition coefficient (Wildman–Crippen LogP) is 2.87. The molecule has 28 heavy (non-hydrogen) atoms. The molecule has 1 aliphatic heterocycles. The van der Waals surface area contributed by atoms with Crippen LogP contribution in [0.2, 0.25) is 5.02 Å². The molecule has 1 heterocycles. The van der Waals surface area contributed by atoms with Gasteiger partial charge in [0.05, 0.1) is 9.92 Å². The first-order valence-electron chi connectivity index (χ1n) is 8.65. The van der Waals surface area contributed by atoms with Crippen LogP contribution in [0.4, 0.5) is 4.39 Å². The Morgan fingerprint density at radius 2 is 1.43 bits per heavy atom. The lowest BCUT2D eigenvalue weighted by atomic mass is 10.2. The summed E-state index contributed by atoms with van der Waals surface area (Å²) in [6.45, 7) is 2.05. The minimum atomic E-state index is -4.13. The van der Waals surface area contributed by atoms with Gasteiger partial charge >= 0.3 is 0 Å². The van der Waals surface area contributed by atoms with Crippen molar-refractivity contribution in [3.05, 3.63) is 58.9 Å². The Morgan fingerprint density at radius 1 is 0.857 bits per heavy atom. The van der Waals surface area contributed by atoms with Gasteiger partial charge in [-0.25, -0.2) is 21.2 Å². The van der Waals surface area contributed by atoms with Crippen LogP contribution in [0.25, 0.3) is 0 Å². The fourth-order valence-electron chi connectivity index (χ4n) is 3.03. The first-order chi connectivity index (χ1) is 13.1. The molecule has 152 valence electrons. The van der Waals surface area contributed by atoms with E-state index < -0.39 is 30.8 Å². The molecule has 3 rings (SSSR count). The van der Waals surface area contributed by atoms with E-state index in [1.54, 1.807) is 12.1 Å². The lowest BCUT2D eigenvalue weighted by Crippen LogP contribution is -2.37. The molecular formula is C18H20ClFN2O4S2. The smallest absolute Gasteiger partial charge is 0.207 e. The summed E-state index contributed by atoms with van der Waals surface area (Å²) in [7, 11) is -7.86. The number of hydrogen-bond donors (Lipinski definition) is 0. The van der Waals surface area contributed by atoms with Gasteiger partial charge in [-0.15, -0.1) is 0 Å². The number of aryl methyl sites for hydroxylation is 1.